The molecular formula is C9H5F3N2O. The summed E-state index contributed by atoms with van der Waals surface area (Å²) in [6.07, 6.45) is -1.77. The maximum Gasteiger partial charge on any atom is 0.450 e. The average Bonchev–Trinajstić information content (AvgIpc) is 2.59. The Morgan fingerprint density at radius 2 is 2.13 bits per heavy atom. The van der Waals surface area contributed by atoms with E-state index < -0.39 is 12.0 Å². The number of halogens is 3. The molecule has 0 saturated carbocycles. The highest BCUT2D eigenvalue weighted by atomic mass is 19.4. The predicted octanol–water partition coefficient (Wildman–Crippen LogP) is 2.17. The summed E-state index contributed by atoms with van der Waals surface area (Å²) in [5.41, 5.74) is 0.334. The highest BCUT2D eigenvalue weighted by Crippen LogP contribution is 2.28. The number of aldehydes is 1. The summed E-state index contributed by atoms with van der Waals surface area (Å²) in [6.45, 7) is 0. The molecule has 2 rings (SSSR count). The van der Waals surface area contributed by atoms with Crippen molar-refractivity contribution in [1.82, 2.24) is 9.38 Å². The normalized spacial score (nSPS) is 11.9. The minimum absolute atomic E-state index is 0.153. The molecule has 15 heavy (non-hydrogen) atoms. The van der Waals surface area contributed by atoms with Crippen LogP contribution in [0.25, 0.3) is 5.52 Å². The van der Waals surface area contributed by atoms with E-state index in [1.54, 1.807) is 0 Å². The van der Waals surface area contributed by atoms with Crippen molar-refractivity contribution < 1.29 is 18.0 Å². The first kappa shape index (κ1) is 9.70. The second-order valence-corrected chi connectivity index (χ2v) is 2.92. The molecule has 0 saturated heterocycles. The molecule has 0 N–H and O–H groups in total. The fourth-order valence-corrected chi connectivity index (χ4v) is 1.35. The minimum atomic E-state index is -4.52. The van der Waals surface area contributed by atoms with Crippen LogP contribution in [0.15, 0.2) is 24.5 Å². The topological polar surface area (TPSA) is 34.4 Å². The number of pyridine rings is 1. The summed E-state index contributed by atoms with van der Waals surface area (Å²) in [7, 11) is 0. The Labute approximate surface area is 82.2 Å². The van der Waals surface area contributed by atoms with Gasteiger partial charge >= 0.3 is 6.18 Å². The molecule has 0 bridgehead atoms. The molecule has 0 aliphatic heterocycles. The molecule has 6 heteroatoms. The Kier molecular flexibility index (Phi) is 1.99. The summed E-state index contributed by atoms with van der Waals surface area (Å²) in [5.74, 6) is -1.03. The summed E-state index contributed by atoms with van der Waals surface area (Å²) < 4.78 is 38.1. The fraction of sp³-hybridized carbons (Fsp3) is 0.111. The van der Waals surface area contributed by atoms with Crippen LogP contribution in [0.2, 0.25) is 0 Å². The van der Waals surface area contributed by atoms with Crippen LogP contribution >= 0.6 is 0 Å². The molecule has 3 nitrogen and oxygen atoms in total. The van der Waals surface area contributed by atoms with Crippen LogP contribution in [0.5, 0.6) is 0 Å². The first-order chi connectivity index (χ1) is 7.04. The third-order valence-corrected chi connectivity index (χ3v) is 1.98. The van der Waals surface area contributed by atoms with Gasteiger partial charge in [0.1, 0.15) is 0 Å². The first-order valence-electron chi connectivity index (χ1n) is 4.02. The third-order valence-electron chi connectivity index (χ3n) is 1.98. The Morgan fingerprint density at radius 3 is 2.73 bits per heavy atom. The van der Waals surface area contributed by atoms with E-state index in [1.807, 2.05) is 0 Å². The van der Waals surface area contributed by atoms with Crippen molar-refractivity contribution in [3.8, 4) is 0 Å². The van der Waals surface area contributed by atoms with Crippen molar-refractivity contribution in [2.24, 2.45) is 0 Å². The molecule has 0 aliphatic carbocycles. The van der Waals surface area contributed by atoms with Gasteiger partial charge in [0.25, 0.3) is 0 Å². The number of carbonyl (C=O) groups is 1. The Hall–Kier alpha value is -1.85. The lowest BCUT2D eigenvalue weighted by atomic mass is 10.2. The molecule has 2 aromatic heterocycles. The molecule has 2 heterocycles. The summed E-state index contributed by atoms with van der Waals surface area (Å²) in [5, 5.41) is 0. The SMILES string of the molecule is O=Cc1cccn2c(C(F)(F)F)ncc12. The van der Waals surface area contributed by atoms with Crippen LogP contribution in [0, 0.1) is 0 Å². The van der Waals surface area contributed by atoms with Gasteiger partial charge in [-0.05, 0) is 12.1 Å². The fourth-order valence-electron chi connectivity index (χ4n) is 1.35. The number of hydrogen-bond acceptors (Lipinski definition) is 2. The van der Waals surface area contributed by atoms with Gasteiger partial charge in [0, 0.05) is 11.8 Å². The molecular weight excluding hydrogens is 209 g/mol. The standard InChI is InChI=1S/C9H5F3N2O/c10-9(11,12)8-13-4-7-6(5-15)2-1-3-14(7)8/h1-5H. The lowest BCUT2D eigenvalue weighted by Gasteiger charge is -2.05. The lowest BCUT2D eigenvalue weighted by molar-refractivity contribution is -0.145. The van der Waals surface area contributed by atoms with E-state index in [0.717, 1.165) is 10.6 Å². The van der Waals surface area contributed by atoms with Crippen LogP contribution in [0.3, 0.4) is 0 Å². The number of rotatable bonds is 1. The van der Waals surface area contributed by atoms with Crippen molar-refractivity contribution >= 4 is 11.8 Å². The molecule has 0 amide bonds. The van der Waals surface area contributed by atoms with E-state index >= 15 is 0 Å². The largest absolute Gasteiger partial charge is 0.450 e. The molecule has 0 unspecified atom stereocenters. The summed E-state index contributed by atoms with van der Waals surface area (Å²) in [4.78, 5) is 13.8. The number of carbonyl (C=O) groups excluding carboxylic acids is 1. The third kappa shape index (κ3) is 1.47. The molecule has 0 spiro atoms. The number of nitrogens with zero attached hydrogens (tertiary/aromatic N) is 2. The average molecular weight is 214 g/mol. The van der Waals surface area contributed by atoms with E-state index in [2.05, 4.69) is 4.98 Å². The van der Waals surface area contributed by atoms with Crippen LogP contribution < -0.4 is 0 Å². The number of hydrogen-bond donors (Lipinski definition) is 0. The highest BCUT2D eigenvalue weighted by Gasteiger charge is 2.35. The quantitative estimate of drug-likeness (QED) is 0.682. The molecule has 2 aromatic rings. The van der Waals surface area contributed by atoms with E-state index in [9.17, 15) is 18.0 Å². The van der Waals surface area contributed by atoms with Crippen molar-refractivity contribution in [2.45, 2.75) is 6.18 Å². The zero-order chi connectivity index (χ0) is 11.1. The number of alkyl halides is 3. The van der Waals surface area contributed by atoms with Crippen molar-refractivity contribution in [2.75, 3.05) is 0 Å². The molecule has 78 valence electrons. The minimum Gasteiger partial charge on any atom is -0.298 e. The second-order valence-electron chi connectivity index (χ2n) is 2.92. The maximum absolute atomic E-state index is 12.4. The van der Waals surface area contributed by atoms with Crippen molar-refractivity contribution in [1.29, 1.82) is 0 Å². The van der Waals surface area contributed by atoms with E-state index in [1.165, 1.54) is 18.3 Å². The van der Waals surface area contributed by atoms with E-state index in [-0.39, 0.29) is 11.1 Å². The molecule has 0 atom stereocenters. The van der Waals surface area contributed by atoms with E-state index in [0.29, 0.717) is 6.29 Å². The Bertz CT molecular complexity index is 516. The second kappa shape index (κ2) is 3.08. The zero-order valence-electron chi connectivity index (χ0n) is 7.32. The smallest absolute Gasteiger partial charge is 0.298 e. The van der Waals surface area contributed by atoms with Gasteiger partial charge in [-0.25, -0.2) is 4.98 Å². The van der Waals surface area contributed by atoms with Gasteiger partial charge in [-0.1, -0.05) is 0 Å². The lowest BCUT2D eigenvalue weighted by Crippen LogP contribution is -2.10. The molecule has 0 radical (unpaired) electrons. The van der Waals surface area contributed by atoms with Crippen LogP contribution in [0.1, 0.15) is 16.2 Å². The number of aromatic nitrogens is 2. The number of imidazole rings is 1. The Morgan fingerprint density at radius 1 is 1.40 bits per heavy atom. The van der Waals surface area contributed by atoms with Crippen molar-refractivity contribution in [3.05, 3.63) is 35.9 Å². The van der Waals surface area contributed by atoms with Gasteiger partial charge in [-0.3, -0.25) is 9.20 Å². The molecule has 0 aliphatic rings. The first-order valence-corrected chi connectivity index (χ1v) is 4.02. The van der Waals surface area contributed by atoms with Gasteiger partial charge in [0.05, 0.1) is 11.7 Å². The van der Waals surface area contributed by atoms with Crippen LogP contribution in [0.4, 0.5) is 13.2 Å². The summed E-state index contributed by atoms with van der Waals surface area (Å²) >= 11 is 0. The summed E-state index contributed by atoms with van der Waals surface area (Å²) in [6, 6.07) is 2.80. The monoisotopic (exact) mass is 214 g/mol. The van der Waals surface area contributed by atoms with Crippen molar-refractivity contribution in [3.63, 3.8) is 0 Å². The Balaban J connectivity index is 2.77. The van der Waals surface area contributed by atoms with Gasteiger partial charge < -0.3 is 0 Å². The highest BCUT2D eigenvalue weighted by molar-refractivity contribution is 5.85. The van der Waals surface area contributed by atoms with Crippen LogP contribution in [-0.2, 0) is 6.18 Å². The zero-order valence-corrected chi connectivity index (χ0v) is 7.32. The van der Waals surface area contributed by atoms with Gasteiger partial charge in [-0.15, -0.1) is 0 Å². The van der Waals surface area contributed by atoms with Gasteiger partial charge in [-0.2, -0.15) is 13.2 Å². The number of fused-ring (bicyclic) bond motifs is 1. The van der Waals surface area contributed by atoms with E-state index in [4.69, 9.17) is 0 Å². The van der Waals surface area contributed by atoms with Crippen LogP contribution in [-0.4, -0.2) is 15.7 Å². The van der Waals surface area contributed by atoms with Gasteiger partial charge in [0.15, 0.2) is 6.29 Å². The van der Waals surface area contributed by atoms with Gasteiger partial charge in [0.2, 0.25) is 5.82 Å². The molecule has 0 aromatic carbocycles. The maximum atomic E-state index is 12.4. The molecule has 0 fully saturated rings. The predicted molar refractivity (Wildman–Crippen MR) is 45.6 cm³/mol.